The molecule has 6 heteroatoms. The van der Waals surface area contributed by atoms with Crippen LogP contribution in [0.4, 0.5) is 16.2 Å². The number of benzene rings is 1. The van der Waals surface area contributed by atoms with E-state index in [4.69, 9.17) is 10.5 Å². The molecular formula is C14H16N4O2. The zero-order valence-electron chi connectivity index (χ0n) is 11.1. The number of hydrogen-bond acceptors (Lipinski definition) is 4. The molecule has 0 atom stereocenters. The SMILES string of the molecule is COc1cc(CNC(=O)Nc2ccc(N)cc2)ccn1. The number of anilines is 2. The molecule has 0 aliphatic rings. The molecule has 0 aliphatic heterocycles. The van der Waals surface area contributed by atoms with E-state index < -0.39 is 0 Å². The maximum absolute atomic E-state index is 11.7. The predicted molar refractivity (Wildman–Crippen MR) is 77.5 cm³/mol. The van der Waals surface area contributed by atoms with Crippen molar-refractivity contribution in [3.63, 3.8) is 0 Å². The average molecular weight is 272 g/mol. The summed E-state index contributed by atoms with van der Waals surface area (Å²) in [4.78, 5) is 15.7. The van der Waals surface area contributed by atoms with Crippen LogP contribution in [0.3, 0.4) is 0 Å². The van der Waals surface area contributed by atoms with Crippen molar-refractivity contribution in [1.82, 2.24) is 10.3 Å². The van der Waals surface area contributed by atoms with E-state index in [2.05, 4.69) is 15.6 Å². The summed E-state index contributed by atoms with van der Waals surface area (Å²) in [5, 5.41) is 5.46. The quantitative estimate of drug-likeness (QED) is 0.742. The van der Waals surface area contributed by atoms with Gasteiger partial charge in [0.15, 0.2) is 0 Å². The van der Waals surface area contributed by atoms with Gasteiger partial charge in [0.1, 0.15) is 0 Å². The van der Waals surface area contributed by atoms with Gasteiger partial charge in [-0.15, -0.1) is 0 Å². The Balaban J connectivity index is 1.87. The molecule has 6 nitrogen and oxygen atoms in total. The lowest BCUT2D eigenvalue weighted by molar-refractivity contribution is 0.251. The Morgan fingerprint density at radius 1 is 1.30 bits per heavy atom. The van der Waals surface area contributed by atoms with Crippen LogP contribution in [-0.4, -0.2) is 18.1 Å². The van der Waals surface area contributed by atoms with E-state index in [-0.39, 0.29) is 6.03 Å². The molecular weight excluding hydrogens is 256 g/mol. The number of methoxy groups -OCH3 is 1. The van der Waals surface area contributed by atoms with E-state index in [1.807, 2.05) is 6.07 Å². The van der Waals surface area contributed by atoms with Gasteiger partial charge >= 0.3 is 6.03 Å². The third-order valence-electron chi connectivity index (χ3n) is 2.63. The fourth-order valence-corrected chi connectivity index (χ4v) is 1.60. The minimum absolute atomic E-state index is 0.287. The van der Waals surface area contributed by atoms with Crippen molar-refractivity contribution in [2.45, 2.75) is 6.54 Å². The number of nitrogens with two attached hydrogens (primary N) is 1. The minimum atomic E-state index is -0.287. The van der Waals surface area contributed by atoms with Crippen molar-refractivity contribution in [2.75, 3.05) is 18.2 Å². The van der Waals surface area contributed by atoms with Gasteiger partial charge in [0.25, 0.3) is 0 Å². The average Bonchev–Trinajstić information content (AvgIpc) is 2.48. The molecule has 1 aromatic carbocycles. The Morgan fingerprint density at radius 3 is 2.75 bits per heavy atom. The van der Waals surface area contributed by atoms with Crippen molar-refractivity contribution < 1.29 is 9.53 Å². The Labute approximate surface area is 117 Å². The summed E-state index contributed by atoms with van der Waals surface area (Å²) in [7, 11) is 1.55. The van der Waals surface area contributed by atoms with E-state index in [0.717, 1.165) is 5.56 Å². The van der Waals surface area contributed by atoms with Crippen LogP contribution in [0.5, 0.6) is 5.88 Å². The minimum Gasteiger partial charge on any atom is -0.481 e. The largest absolute Gasteiger partial charge is 0.481 e. The Morgan fingerprint density at radius 2 is 2.05 bits per heavy atom. The smallest absolute Gasteiger partial charge is 0.319 e. The molecule has 2 rings (SSSR count). The highest BCUT2D eigenvalue weighted by molar-refractivity contribution is 5.89. The topological polar surface area (TPSA) is 89.3 Å². The van der Waals surface area contributed by atoms with Gasteiger partial charge in [-0.25, -0.2) is 9.78 Å². The lowest BCUT2D eigenvalue weighted by Crippen LogP contribution is -2.28. The van der Waals surface area contributed by atoms with Gasteiger partial charge in [0.05, 0.1) is 7.11 Å². The van der Waals surface area contributed by atoms with Gasteiger partial charge in [-0.1, -0.05) is 0 Å². The number of aromatic nitrogens is 1. The lowest BCUT2D eigenvalue weighted by Gasteiger charge is -2.08. The highest BCUT2D eigenvalue weighted by atomic mass is 16.5. The number of rotatable bonds is 4. The van der Waals surface area contributed by atoms with Crippen molar-refractivity contribution in [3.05, 3.63) is 48.2 Å². The number of nitrogen functional groups attached to an aromatic ring is 1. The third-order valence-corrected chi connectivity index (χ3v) is 2.63. The molecule has 2 amide bonds. The fourth-order valence-electron chi connectivity index (χ4n) is 1.60. The molecule has 0 unspecified atom stereocenters. The van der Waals surface area contributed by atoms with Gasteiger partial charge < -0.3 is 21.1 Å². The van der Waals surface area contributed by atoms with Crippen LogP contribution in [0.25, 0.3) is 0 Å². The van der Waals surface area contributed by atoms with E-state index in [9.17, 15) is 4.79 Å². The van der Waals surface area contributed by atoms with Crippen LogP contribution in [-0.2, 0) is 6.54 Å². The maximum atomic E-state index is 11.7. The number of hydrogen-bond donors (Lipinski definition) is 3. The monoisotopic (exact) mass is 272 g/mol. The van der Waals surface area contributed by atoms with Crippen molar-refractivity contribution >= 4 is 17.4 Å². The van der Waals surface area contributed by atoms with Gasteiger partial charge in [0, 0.05) is 30.2 Å². The Bertz CT molecular complexity index is 584. The Kier molecular flexibility index (Phi) is 4.39. The highest BCUT2D eigenvalue weighted by Crippen LogP contribution is 2.11. The molecule has 4 N–H and O–H groups in total. The molecule has 0 spiro atoms. The fraction of sp³-hybridized carbons (Fsp3) is 0.143. The zero-order chi connectivity index (χ0) is 14.4. The van der Waals surface area contributed by atoms with E-state index in [0.29, 0.717) is 23.8 Å². The van der Waals surface area contributed by atoms with Gasteiger partial charge in [-0.3, -0.25) is 0 Å². The van der Waals surface area contributed by atoms with Crippen LogP contribution >= 0.6 is 0 Å². The number of carbonyl (C=O) groups is 1. The van der Waals surface area contributed by atoms with Crippen LogP contribution < -0.4 is 21.1 Å². The summed E-state index contributed by atoms with van der Waals surface area (Å²) < 4.78 is 5.02. The molecule has 0 fully saturated rings. The first kappa shape index (κ1) is 13.7. The second-order valence-corrected chi connectivity index (χ2v) is 4.14. The number of carbonyl (C=O) groups excluding carboxylic acids is 1. The summed E-state index contributed by atoms with van der Waals surface area (Å²) in [5.41, 5.74) is 7.82. The van der Waals surface area contributed by atoms with Crippen LogP contribution in [0, 0.1) is 0 Å². The summed E-state index contributed by atoms with van der Waals surface area (Å²) in [5.74, 6) is 0.517. The molecule has 0 bridgehead atoms. The molecule has 0 saturated carbocycles. The van der Waals surface area contributed by atoms with Gasteiger partial charge in [-0.05, 0) is 35.9 Å². The molecule has 1 aromatic heterocycles. The van der Waals surface area contributed by atoms with Crippen molar-refractivity contribution in [2.24, 2.45) is 0 Å². The lowest BCUT2D eigenvalue weighted by atomic mass is 10.2. The van der Waals surface area contributed by atoms with Crippen LogP contribution in [0.2, 0.25) is 0 Å². The van der Waals surface area contributed by atoms with Crippen LogP contribution in [0.15, 0.2) is 42.6 Å². The second-order valence-electron chi connectivity index (χ2n) is 4.14. The summed E-state index contributed by atoms with van der Waals surface area (Å²) in [6.45, 7) is 0.389. The number of amides is 2. The zero-order valence-corrected chi connectivity index (χ0v) is 11.1. The number of ether oxygens (including phenoxy) is 1. The first-order valence-corrected chi connectivity index (χ1v) is 6.06. The predicted octanol–water partition coefficient (Wildman–Crippen LogP) is 1.99. The number of nitrogens with zero attached hydrogens (tertiary/aromatic N) is 1. The van der Waals surface area contributed by atoms with Gasteiger partial charge in [-0.2, -0.15) is 0 Å². The van der Waals surface area contributed by atoms with E-state index in [1.54, 1.807) is 43.6 Å². The van der Waals surface area contributed by atoms with Crippen molar-refractivity contribution in [3.8, 4) is 5.88 Å². The normalized spacial score (nSPS) is 9.85. The standard InChI is InChI=1S/C14H16N4O2/c1-20-13-8-10(6-7-16-13)9-17-14(19)18-12-4-2-11(15)3-5-12/h2-8H,9,15H2,1H3,(H2,17,18,19). The first-order valence-electron chi connectivity index (χ1n) is 6.06. The summed E-state index contributed by atoms with van der Waals surface area (Å²) >= 11 is 0. The molecule has 104 valence electrons. The third kappa shape index (κ3) is 3.88. The first-order chi connectivity index (χ1) is 9.67. The Hall–Kier alpha value is -2.76. The van der Waals surface area contributed by atoms with E-state index in [1.165, 1.54) is 0 Å². The van der Waals surface area contributed by atoms with E-state index >= 15 is 0 Å². The summed E-state index contributed by atoms with van der Waals surface area (Å²) in [6, 6.07) is 10.2. The molecule has 20 heavy (non-hydrogen) atoms. The molecule has 0 aliphatic carbocycles. The molecule has 2 aromatic rings. The molecule has 0 saturated heterocycles. The number of nitrogens with one attached hydrogen (secondary N) is 2. The molecule has 0 radical (unpaired) electrons. The number of pyridine rings is 1. The number of urea groups is 1. The van der Waals surface area contributed by atoms with Crippen LogP contribution in [0.1, 0.15) is 5.56 Å². The van der Waals surface area contributed by atoms with Crippen molar-refractivity contribution in [1.29, 1.82) is 0 Å². The highest BCUT2D eigenvalue weighted by Gasteiger charge is 2.02. The van der Waals surface area contributed by atoms with Gasteiger partial charge in [0.2, 0.25) is 5.88 Å². The summed E-state index contributed by atoms with van der Waals surface area (Å²) in [6.07, 6.45) is 1.63. The second kappa shape index (κ2) is 6.42. The maximum Gasteiger partial charge on any atom is 0.319 e. The molecule has 1 heterocycles.